The summed E-state index contributed by atoms with van der Waals surface area (Å²) in [6.07, 6.45) is 0.670. The molecule has 1 aliphatic heterocycles. The minimum atomic E-state index is -0.374. The molecule has 3 rings (SSSR count). The van der Waals surface area contributed by atoms with Gasteiger partial charge in [0.25, 0.3) is 11.6 Å². The Hall–Kier alpha value is -2.52. The number of rotatable bonds is 5. The predicted octanol–water partition coefficient (Wildman–Crippen LogP) is 1.51. The normalized spacial score (nSPS) is 14.6. The van der Waals surface area contributed by atoms with Gasteiger partial charge in [0.15, 0.2) is 0 Å². The van der Waals surface area contributed by atoms with Gasteiger partial charge in [0.05, 0.1) is 9.93 Å². The van der Waals surface area contributed by atoms with Crippen molar-refractivity contribution in [1.82, 2.24) is 9.88 Å². The number of hydrogen-bond acceptors (Lipinski definition) is 7. The molecule has 132 valence electrons. The highest BCUT2D eigenvalue weighted by atomic mass is 32.1. The third kappa shape index (κ3) is 3.77. The van der Waals surface area contributed by atoms with Crippen molar-refractivity contribution < 1.29 is 9.72 Å². The van der Waals surface area contributed by atoms with Crippen LogP contribution in [0.25, 0.3) is 0 Å². The molecule has 0 saturated carbocycles. The summed E-state index contributed by atoms with van der Waals surface area (Å²) in [5.41, 5.74) is 6.65. The van der Waals surface area contributed by atoms with Gasteiger partial charge >= 0.3 is 0 Å². The van der Waals surface area contributed by atoms with Crippen LogP contribution in [0.5, 0.6) is 0 Å². The van der Waals surface area contributed by atoms with Crippen LogP contribution >= 0.6 is 11.3 Å². The Kier molecular flexibility index (Phi) is 5.25. The van der Waals surface area contributed by atoms with Crippen molar-refractivity contribution in [2.45, 2.75) is 6.42 Å². The maximum absolute atomic E-state index is 12.5. The van der Waals surface area contributed by atoms with Crippen molar-refractivity contribution in [3.63, 3.8) is 0 Å². The van der Waals surface area contributed by atoms with Gasteiger partial charge in [-0.1, -0.05) is 12.1 Å². The highest BCUT2D eigenvalue weighted by Crippen LogP contribution is 2.28. The highest BCUT2D eigenvalue weighted by molar-refractivity contribution is 7.09. The van der Waals surface area contributed by atoms with Crippen molar-refractivity contribution in [3.05, 3.63) is 50.5 Å². The van der Waals surface area contributed by atoms with E-state index in [1.54, 1.807) is 28.5 Å². The lowest BCUT2D eigenvalue weighted by Gasteiger charge is -2.35. The van der Waals surface area contributed by atoms with E-state index in [-0.39, 0.29) is 16.5 Å². The molecule has 0 radical (unpaired) electrons. The number of para-hydroxylation sites is 2. The summed E-state index contributed by atoms with van der Waals surface area (Å²) in [4.78, 5) is 31.4. The van der Waals surface area contributed by atoms with Crippen LogP contribution in [-0.4, -0.2) is 53.4 Å². The van der Waals surface area contributed by atoms with Gasteiger partial charge in [-0.05, 0) is 12.6 Å². The SMILES string of the molecule is NCCc1nc(C(=O)N2CCN(c3ccccc3[N+](=O)[O-])CC2)cs1. The number of nitro groups is 1. The molecule has 8 nitrogen and oxygen atoms in total. The second kappa shape index (κ2) is 7.58. The Morgan fingerprint density at radius 1 is 1.28 bits per heavy atom. The minimum absolute atomic E-state index is 0.0909. The summed E-state index contributed by atoms with van der Waals surface area (Å²) in [6.45, 7) is 2.63. The third-order valence-electron chi connectivity index (χ3n) is 4.12. The summed E-state index contributed by atoms with van der Waals surface area (Å²) in [5, 5.41) is 13.8. The topological polar surface area (TPSA) is 106 Å². The Morgan fingerprint density at radius 2 is 2.00 bits per heavy atom. The number of amides is 1. The van der Waals surface area contributed by atoms with E-state index in [2.05, 4.69) is 4.98 Å². The Morgan fingerprint density at radius 3 is 2.68 bits per heavy atom. The largest absolute Gasteiger partial charge is 0.362 e. The standard InChI is InChI=1S/C16H19N5O3S/c17-6-5-15-18-12(11-25-15)16(22)20-9-7-19(8-10-20)13-3-1-2-4-14(13)21(23)24/h1-4,11H,5-10,17H2. The predicted molar refractivity (Wildman–Crippen MR) is 96.1 cm³/mol. The van der Waals surface area contributed by atoms with Gasteiger partial charge in [-0.2, -0.15) is 0 Å². The molecule has 0 aliphatic carbocycles. The zero-order chi connectivity index (χ0) is 17.8. The van der Waals surface area contributed by atoms with Crippen LogP contribution in [0.15, 0.2) is 29.6 Å². The smallest absolute Gasteiger partial charge is 0.292 e. The molecule has 1 aromatic heterocycles. The van der Waals surface area contributed by atoms with Gasteiger partial charge in [0.2, 0.25) is 0 Å². The number of nitro benzene ring substituents is 1. The fourth-order valence-electron chi connectivity index (χ4n) is 2.85. The molecule has 1 amide bonds. The van der Waals surface area contributed by atoms with E-state index in [0.29, 0.717) is 50.5 Å². The number of nitrogens with two attached hydrogens (primary N) is 1. The molecule has 25 heavy (non-hydrogen) atoms. The van der Waals surface area contributed by atoms with Crippen LogP contribution in [0, 0.1) is 10.1 Å². The maximum atomic E-state index is 12.5. The number of carbonyl (C=O) groups is 1. The fourth-order valence-corrected chi connectivity index (χ4v) is 3.63. The van der Waals surface area contributed by atoms with Gasteiger partial charge in [0, 0.05) is 44.0 Å². The van der Waals surface area contributed by atoms with E-state index >= 15 is 0 Å². The number of piperazine rings is 1. The molecular weight excluding hydrogens is 342 g/mol. The van der Waals surface area contributed by atoms with E-state index in [0.717, 1.165) is 5.01 Å². The summed E-state index contributed by atoms with van der Waals surface area (Å²) in [7, 11) is 0. The van der Waals surface area contributed by atoms with Crippen LogP contribution in [0.1, 0.15) is 15.5 Å². The Balaban J connectivity index is 1.65. The third-order valence-corrected chi connectivity index (χ3v) is 5.02. The second-order valence-electron chi connectivity index (χ2n) is 5.69. The molecule has 2 N–H and O–H groups in total. The van der Waals surface area contributed by atoms with Crippen LogP contribution in [0.4, 0.5) is 11.4 Å². The molecule has 1 aromatic carbocycles. The number of benzene rings is 1. The molecule has 0 atom stereocenters. The molecule has 2 aromatic rings. The zero-order valence-corrected chi connectivity index (χ0v) is 14.4. The van der Waals surface area contributed by atoms with E-state index < -0.39 is 0 Å². The summed E-state index contributed by atoms with van der Waals surface area (Å²) in [6, 6.07) is 6.69. The van der Waals surface area contributed by atoms with E-state index in [1.165, 1.54) is 17.4 Å². The summed E-state index contributed by atoms with van der Waals surface area (Å²) >= 11 is 1.45. The number of carbonyl (C=O) groups excluding carboxylic acids is 1. The van der Waals surface area contributed by atoms with E-state index in [9.17, 15) is 14.9 Å². The first-order chi connectivity index (χ1) is 12.1. The Labute approximate surface area is 149 Å². The highest BCUT2D eigenvalue weighted by Gasteiger charge is 2.26. The average Bonchev–Trinajstić information content (AvgIpc) is 3.10. The lowest BCUT2D eigenvalue weighted by atomic mass is 10.2. The Bertz CT molecular complexity index is 771. The molecule has 0 bridgehead atoms. The molecule has 0 spiro atoms. The van der Waals surface area contributed by atoms with Crippen molar-refractivity contribution >= 4 is 28.6 Å². The number of aromatic nitrogens is 1. The number of anilines is 1. The lowest BCUT2D eigenvalue weighted by Crippen LogP contribution is -2.49. The van der Waals surface area contributed by atoms with Crippen molar-refractivity contribution in [1.29, 1.82) is 0 Å². The first-order valence-electron chi connectivity index (χ1n) is 8.02. The molecule has 1 fully saturated rings. The van der Waals surface area contributed by atoms with Crippen LogP contribution in [0.2, 0.25) is 0 Å². The van der Waals surface area contributed by atoms with Crippen LogP contribution in [0.3, 0.4) is 0 Å². The van der Waals surface area contributed by atoms with Gasteiger partial charge in [-0.25, -0.2) is 4.98 Å². The first kappa shape index (κ1) is 17.3. The van der Waals surface area contributed by atoms with Gasteiger partial charge in [-0.3, -0.25) is 14.9 Å². The van der Waals surface area contributed by atoms with Gasteiger partial charge < -0.3 is 15.5 Å². The number of hydrogen-bond donors (Lipinski definition) is 1. The zero-order valence-electron chi connectivity index (χ0n) is 13.6. The van der Waals surface area contributed by atoms with Crippen molar-refractivity contribution in [2.75, 3.05) is 37.6 Å². The van der Waals surface area contributed by atoms with E-state index in [1.807, 2.05) is 4.90 Å². The molecule has 2 heterocycles. The molecular formula is C16H19N5O3S. The average molecular weight is 361 g/mol. The molecule has 1 aliphatic rings. The number of thiazole rings is 1. The summed E-state index contributed by atoms with van der Waals surface area (Å²) < 4.78 is 0. The van der Waals surface area contributed by atoms with Crippen molar-refractivity contribution in [3.8, 4) is 0 Å². The van der Waals surface area contributed by atoms with Gasteiger partial charge in [-0.15, -0.1) is 11.3 Å². The molecule has 0 unspecified atom stereocenters. The summed E-state index contributed by atoms with van der Waals surface area (Å²) in [5.74, 6) is -0.0956. The monoisotopic (exact) mass is 361 g/mol. The lowest BCUT2D eigenvalue weighted by molar-refractivity contribution is -0.384. The molecule has 9 heteroatoms. The van der Waals surface area contributed by atoms with Crippen molar-refractivity contribution in [2.24, 2.45) is 5.73 Å². The number of nitrogens with zero attached hydrogens (tertiary/aromatic N) is 4. The maximum Gasteiger partial charge on any atom is 0.292 e. The first-order valence-corrected chi connectivity index (χ1v) is 8.90. The second-order valence-corrected chi connectivity index (χ2v) is 6.63. The minimum Gasteiger partial charge on any atom is -0.362 e. The van der Waals surface area contributed by atoms with Crippen LogP contribution < -0.4 is 10.6 Å². The van der Waals surface area contributed by atoms with E-state index in [4.69, 9.17) is 5.73 Å². The van der Waals surface area contributed by atoms with Crippen LogP contribution in [-0.2, 0) is 6.42 Å². The fraction of sp³-hybridized carbons (Fsp3) is 0.375. The quantitative estimate of drug-likeness (QED) is 0.639. The van der Waals surface area contributed by atoms with Gasteiger partial charge in [0.1, 0.15) is 11.4 Å². The molecule has 1 saturated heterocycles.